The van der Waals surface area contributed by atoms with E-state index in [-0.39, 0.29) is 5.56 Å². The van der Waals surface area contributed by atoms with Crippen molar-refractivity contribution in [2.45, 2.75) is 0 Å². The van der Waals surface area contributed by atoms with Gasteiger partial charge in [0.15, 0.2) is 0 Å². The number of benzene rings is 1. The van der Waals surface area contributed by atoms with Gasteiger partial charge in [0.25, 0.3) is 5.91 Å². The molecule has 0 bridgehead atoms. The number of aliphatic imine (C=N–C) groups is 1. The van der Waals surface area contributed by atoms with Crippen LogP contribution in [-0.4, -0.2) is 11.9 Å². The predicted molar refractivity (Wildman–Crippen MR) is 40.9 cm³/mol. The molecule has 0 saturated carbocycles. The fourth-order valence-electron chi connectivity index (χ4n) is 0.746. The van der Waals surface area contributed by atoms with E-state index in [9.17, 15) is 9.18 Å². The summed E-state index contributed by atoms with van der Waals surface area (Å²) in [6.07, 6.45) is 0. The molecule has 1 amide bonds. The van der Waals surface area contributed by atoms with E-state index < -0.39 is 11.7 Å². The van der Waals surface area contributed by atoms with Crippen molar-refractivity contribution >= 4 is 11.9 Å². The molecule has 0 aromatic heterocycles. The van der Waals surface area contributed by atoms with Crippen molar-refractivity contribution in [3.63, 3.8) is 0 Å². The van der Waals surface area contributed by atoms with Gasteiger partial charge in [-0.15, -0.1) is 4.99 Å². The Morgan fingerprint density at radius 2 is 2.17 bits per heavy atom. The molecule has 1 N–H and O–H groups in total. The summed E-state index contributed by atoms with van der Waals surface area (Å²) in [5.74, 6) is -1.43. The number of nitrogens with zero attached hydrogens (tertiary/aromatic N) is 1. The van der Waals surface area contributed by atoms with E-state index in [1.807, 2.05) is 0 Å². The van der Waals surface area contributed by atoms with Gasteiger partial charge in [0.2, 0.25) is 0 Å². The van der Waals surface area contributed by atoms with Crippen molar-refractivity contribution in [2.24, 2.45) is 4.99 Å². The van der Waals surface area contributed by atoms with Gasteiger partial charge in [-0.1, -0.05) is 12.1 Å². The Bertz CT molecular complexity index is 356. The molecule has 0 heterocycles. The lowest BCUT2D eigenvalue weighted by Gasteiger charge is -1.93. The first-order chi connectivity index (χ1) is 5.75. The minimum Gasteiger partial charge on any atom is -0.266 e. The SMILES string of the molecule is N=C=NC(=O)c1ccccc1F. The smallest absolute Gasteiger partial charge is 0.266 e. The monoisotopic (exact) mass is 164 g/mol. The molecule has 1 aromatic carbocycles. The quantitative estimate of drug-likeness (QED) is 0.631. The first-order valence-electron chi connectivity index (χ1n) is 3.17. The summed E-state index contributed by atoms with van der Waals surface area (Å²) in [6.45, 7) is 0. The molecule has 1 rings (SSSR count). The van der Waals surface area contributed by atoms with Crippen LogP contribution in [0.5, 0.6) is 0 Å². The number of rotatable bonds is 1. The van der Waals surface area contributed by atoms with Crippen molar-refractivity contribution in [1.29, 1.82) is 5.41 Å². The van der Waals surface area contributed by atoms with Gasteiger partial charge < -0.3 is 0 Å². The summed E-state index contributed by atoms with van der Waals surface area (Å²) in [5, 5.41) is 6.39. The Morgan fingerprint density at radius 1 is 1.50 bits per heavy atom. The minimum atomic E-state index is -0.789. The molecule has 0 aliphatic heterocycles. The van der Waals surface area contributed by atoms with Crippen LogP contribution in [0.1, 0.15) is 10.4 Å². The van der Waals surface area contributed by atoms with Crippen molar-refractivity contribution in [3.05, 3.63) is 35.6 Å². The predicted octanol–water partition coefficient (Wildman–Crippen LogP) is 1.72. The summed E-state index contributed by atoms with van der Waals surface area (Å²) in [4.78, 5) is 13.9. The van der Waals surface area contributed by atoms with Crippen LogP contribution in [0.25, 0.3) is 0 Å². The zero-order valence-corrected chi connectivity index (χ0v) is 6.04. The second-order valence-corrected chi connectivity index (χ2v) is 2.01. The topological polar surface area (TPSA) is 53.3 Å². The normalized spacial score (nSPS) is 8.75. The lowest BCUT2D eigenvalue weighted by atomic mass is 10.2. The van der Waals surface area contributed by atoms with Gasteiger partial charge in [-0.2, -0.15) is 0 Å². The molecule has 0 saturated heterocycles. The fourth-order valence-corrected chi connectivity index (χ4v) is 0.746. The summed E-state index contributed by atoms with van der Waals surface area (Å²) < 4.78 is 12.8. The van der Waals surface area contributed by atoms with Crippen LogP contribution >= 0.6 is 0 Å². The maximum Gasteiger partial charge on any atom is 0.289 e. The molecular weight excluding hydrogens is 159 g/mol. The molecule has 0 aliphatic rings. The van der Waals surface area contributed by atoms with E-state index in [0.717, 1.165) is 6.07 Å². The zero-order valence-electron chi connectivity index (χ0n) is 6.04. The number of hydrogen-bond donors (Lipinski definition) is 1. The molecule has 0 atom stereocenters. The number of carbonyl (C=O) groups is 1. The number of hydrogen-bond acceptors (Lipinski definition) is 2. The first kappa shape index (κ1) is 8.30. The number of halogens is 1. The van der Waals surface area contributed by atoms with Crippen LogP contribution in [0.15, 0.2) is 29.3 Å². The minimum absolute atomic E-state index is 0.141. The Labute approximate surface area is 68.1 Å². The van der Waals surface area contributed by atoms with Gasteiger partial charge in [0.1, 0.15) is 5.82 Å². The van der Waals surface area contributed by atoms with Crippen molar-refractivity contribution in [3.8, 4) is 0 Å². The van der Waals surface area contributed by atoms with Gasteiger partial charge in [-0.3, -0.25) is 4.79 Å². The summed E-state index contributed by atoms with van der Waals surface area (Å²) in [6, 6.07) is 7.01. The molecule has 12 heavy (non-hydrogen) atoms. The lowest BCUT2D eigenvalue weighted by molar-refractivity contribution is 0.1000. The van der Waals surface area contributed by atoms with E-state index in [0.29, 0.717) is 0 Å². The van der Waals surface area contributed by atoms with Crippen LogP contribution in [0, 0.1) is 11.2 Å². The Morgan fingerprint density at radius 3 is 2.75 bits per heavy atom. The lowest BCUT2D eigenvalue weighted by Crippen LogP contribution is -1.97. The zero-order chi connectivity index (χ0) is 8.97. The fraction of sp³-hybridized carbons (Fsp3) is 0. The van der Waals surface area contributed by atoms with Gasteiger partial charge in [0.05, 0.1) is 11.6 Å². The third kappa shape index (κ3) is 1.62. The second kappa shape index (κ2) is 3.55. The molecule has 3 nitrogen and oxygen atoms in total. The highest BCUT2D eigenvalue weighted by atomic mass is 19.1. The highest BCUT2D eigenvalue weighted by molar-refractivity contribution is 5.97. The van der Waals surface area contributed by atoms with E-state index in [1.165, 1.54) is 18.2 Å². The first-order valence-corrected chi connectivity index (χ1v) is 3.17. The number of amides is 1. The third-order valence-electron chi connectivity index (χ3n) is 1.26. The second-order valence-electron chi connectivity index (χ2n) is 2.01. The average molecular weight is 164 g/mol. The molecule has 1 aromatic rings. The summed E-state index contributed by atoms with van der Waals surface area (Å²) in [5.41, 5.74) is -0.141. The van der Waals surface area contributed by atoms with Crippen LogP contribution in [0.2, 0.25) is 0 Å². The highest BCUT2D eigenvalue weighted by Crippen LogP contribution is 2.06. The summed E-state index contributed by atoms with van der Waals surface area (Å²) >= 11 is 0. The standard InChI is InChI=1S/C8H5FN2O/c9-7-4-2-1-3-6(7)8(12)11-5-10/h1-4,10H. The van der Waals surface area contributed by atoms with Crippen molar-refractivity contribution in [1.82, 2.24) is 0 Å². The van der Waals surface area contributed by atoms with Gasteiger partial charge in [-0.25, -0.2) is 9.80 Å². The molecule has 0 aliphatic carbocycles. The Balaban J connectivity index is 3.11. The molecule has 0 spiro atoms. The molecule has 0 radical (unpaired) electrons. The highest BCUT2D eigenvalue weighted by Gasteiger charge is 2.07. The van der Waals surface area contributed by atoms with Gasteiger partial charge >= 0.3 is 0 Å². The largest absolute Gasteiger partial charge is 0.289 e. The average Bonchev–Trinajstić information content (AvgIpc) is 2.05. The van der Waals surface area contributed by atoms with Gasteiger partial charge in [0, 0.05) is 0 Å². The van der Waals surface area contributed by atoms with Crippen LogP contribution in [0.3, 0.4) is 0 Å². The maximum absolute atomic E-state index is 12.8. The molecule has 60 valence electrons. The van der Waals surface area contributed by atoms with Crippen molar-refractivity contribution in [2.75, 3.05) is 0 Å². The van der Waals surface area contributed by atoms with E-state index in [1.54, 1.807) is 6.01 Å². The van der Waals surface area contributed by atoms with E-state index >= 15 is 0 Å². The molecule has 0 fully saturated rings. The van der Waals surface area contributed by atoms with Crippen LogP contribution in [0.4, 0.5) is 4.39 Å². The summed E-state index contributed by atoms with van der Waals surface area (Å²) in [7, 11) is 0. The van der Waals surface area contributed by atoms with Crippen LogP contribution < -0.4 is 0 Å². The van der Waals surface area contributed by atoms with E-state index in [4.69, 9.17) is 5.41 Å². The maximum atomic E-state index is 12.8. The molecular formula is C8H5FN2O. The third-order valence-corrected chi connectivity index (χ3v) is 1.26. The Kier molecular flexibility index (Phi) is 2.46. The molecule has 0 unspecified atom stereocenters. The molecule has 4 heteroatoms. The van der Waals surface area contributed by atoms with Crippen LogP contribution in [-0.2, 0) is 0 Å². The number of carbonyl (C=O) groups excluding carboxylic acids is 1. The van der Waals surface area contributed by atoms with Gasteiger partial charge in [-0.05, 0) is 12.1 Å². The number of nitrogens with one attached hydrogen (secondary N) is 1. The van der Waals surface area contributed by atoms with Crippen molar-refractivity contribution < 1.29 is 9.18 Å². The Hall–Kier alpha value is -1.80. The van der Waals surface area contributed by atoms with E-state index in [2.05, 4.69) is 4.99 Å².